The van der Waals surface area contributed by atoms with Gasteiger partial charge in [0.25, 0.3) is 5.91 Å². The maximum absolute atomic E-state index is 12.1. The van der Waals surface area contributed by atoms with Crippen LogP contribution in [0.15, 0.2) is 54.6 Å². The first kappa shape index (κ1) is 14.9. The van der Waals surface area contributed by atoms with E-state index in [1.807, 2.05) is 43.3 Å². The maximum Gasteiger partial charge on any atom is 0.251 e. The zero-order chi connectivity index (χ0) is 15.1. The second kappa shape index (κ2) is 7.33. The highest BCUT2D eigenvalue weighted by Crippen LogP contribution is 2.12. The van der Waals surface area contributed by atoms with Crippen molar-refractivity contribution in [3.8, 4) is 5.75 Å². The molecule has 2 N–H and O–H groups in total. The molecule has 2 aromatic rings. The number of carbonyl (C=O) groups excluding carboxylic acids is 1. The summed E-state index contributed by atoms with van der Waals surface area (Å²) < 4.78 is 5.12. The summed E-state index contributed by atoms with van der Waals surface area (Å²) in [6.45, 7) is 2.63. The minimum absolute atomic E-state index is 0.0175. The summed E-state index contributed by atoms with van der Waals surface area (Å²) in [5.74, 6) is 0.578. The van der Waals surface area contributed by atoms with E-state index in [-0.39, 0.29) is 11.9 Å². The zero-order valence-corrected chi connectivity index (χ0v) is 12.3. The summed E-state index contributed by atoms with van der Waals surface area (Å²) >= 11 is 0. The fourth-order valence-electron chi connectivity index (χ4n) is 1.95. The van der Waals surface area contributed by atoms with Gasteiger partial charge < -0.3 is 15.4 Å². The summed E-state index contributed by atoms with van der Waals surface area (Å²) in [5.41, 5.74) is 1.64. The normalized spacial score (nSPS) is 11.5. The first-order valence-electron chi connectivity index (χ1n) is 6.93. The molecule has 0 saturated heterocycles. The van der Waals surface area contributed by atoms with Gasteiger partial charge in [-0.3, -0.25) is 4.79 Å². The number of hydrogen-bond donors (Lipinski definition) is 2. The minimum Gasteiger partial charge on any atom is -0.497 e. The van der Waals surface area contributed by atoms with Gasteiger partial charge in [0, 0.05) is 23.8 Å². The minimum atomic E-state index is -0.101. The van der Waals surface area contributed by atoms with Crippen molar-refractivity contribution >= 4 is 11.6 Å². The summed E-state index contributed by atoms with van der Waals surface area (Å²) in [5, 5.41) is 6.25. The van der Waals surface area contributed by atoms with E-state index in [1.165, 1.54) is 0 Å². The van der Waals surface area contributed by atoms with Crippen LogP contribution in [0.5, 0.6) is 5.75 Å². The van der Waals surface area contributed by atoms with E-state index in [9.17, 15) is 4.79 Å². The quantitative estimate of drug-likeness (QED) is 0.857. The maximum atomic E-state index is 12.1. The Morgan fingerprint density at radius 2 is 1.90 bits per heavy atom. The van der Waals surface area contributed by atoms with Crippen LogP contribution < -0.4 is 15.4 Å². The number of para-hydroxylation sites is 1. The highest BCUT2D eigenvalue weighted by molar-refractivity contribution is 5.94. The Kier molecular flexibility index (Phi) is 5.21. The lowest BCUT2D eigenvalue weighted by molar-refractivity contribution is 0.0941. The van der Waals surface area contributed by atoms with Gasteiger partial charge in [0.05, 0.1) is 7.11 Å². The van der Waals surface area contributed by atoms with Crippen LogP contribution >= 0.6 is 0 Å². The largest absolute Gasteiger partial charge is 0.497 e. The molecule has 0 aliphatic carbocycles. The van der Waals surface area contributed by atoms with Crippen molar-refractivity contribution in [2.75, 3.05) is 19.0 Å². The lowest BCUT2D eigenvalue weighted by Gasteiger charge is -2.16. The number of ether oxygens (including phenoxy) is 1. The Morgan fingerprint density at radius 3 is 2.62 bits per heavy atom. The van der Waals surface area contributed by atoms with E-state index in [2.05, 4.69) is 10.6 Å². The highest BCUT2D eigenvalue weighted by Gasteiger charge is 2.10. The van der Waals surface area contributed by atoms with Crippen LogP contribution in [0.1, 0.15) is 17.3 Å². The van der Waals surface area contributed by atoms with E-state index in [0.717, 1.165) is 5.69 Å². The highest BCUT2D eigenvalue weighted by atomic mass is 16.5. The first-order valence-corrected chi connectivity index (χ1v) is 6.93. The van der Waals surface area contributed by atoms with Crippen molar-refractivity contribution in [3.05, 3.63) is 60.2 Å². The lowest BCUT2D eigenvalue weighted by atomic mass is 10.2. The SMILES string of the molecule is COc1cccc(C(=O)N[C@H](C)CNc2ccccc2)c1. The molecule has 0 aliphatic rings. The van der Waals surface area contributed by atoms with Gasteiger partial charge in [0.1, 0.15) is 5.75 Å². The van der Waals surface area contributed by atoms with Gasteiger partial charge in [-0.25, -0.2) is 0 Å². The monoisotopic (exact) mass is 284 g/mol. The Bertz CT molecular complexity index is 584. The molecule has 0 saturated carbocycles. The van der Waals surface area contributed by atoms with Crippen molar-refractivity contribution in [2.24, 2.45) is 0 Å². The molecule has 1 amide bonds. The van der Waals surface area contributed by atoms with Gasteiger partial charge in [-0.05, 0) is 37.3 Å². The third-order valence-electron chi connectivity index (χ3n) is 3.10. The Balaban J connectivity index is 1.87. The van der Waals surface area contributed by atoms with Crippen molar-refractivity contribution in [3.63, 3.8) is 0 Å². The average Bonchev–Trinajstić information content (AvgIpc) is 2.54. The van der Waals surface area contributed by atoms with Crippen LogP contribution in [0, 0.1) is 0 Å². The van der Waals surface area contributed by atoms with Crippen molar-refractivity contribution in [1.29, 1.82) is 0 Å². The third kappa shape index (κ3) is 4.53. The molecule has 0 aliphatic heterocycles. The second-order valence-corrected chi connectivity index (χ2v) is 4.85. The summed E-state index contributed by atoms with van der Waals surface area (Å²) in [6, 6.07) is 17.1. The van der Waals surface area contributed by atoms with Gasteiger partial charge in [-0.15, -0.1) is 0 Å². The summed E-state index contributed by atoms with van der Waals surface area (Å²) in [4.78, 5) is 12.1. The molecule has 1 atom stereocenters. The van der Waals surface area contributed by atoms with Crippen LogP contribution in [-0.4, -0.2) is 25.6 Å². The third-order valence-corrected chi connectivity index (χ3v) is 3.10. The van der Waals surface area contributed by atoms with Gasteiger partial charge >= 0.3 is 0 Å². The summed E-state index contributed by atoms with van der Waals surface area (Å²) in [6.07, 6.45) is 0. The van der Waals surface area contributed by atoms with E-state index in [0.29, 0.717) is 17.9 Å². The number of nitrogens with one attached hydrogen (secondary N) is 2. The predicted molar refractivity (Wildman–Crippen MR) is 84.9 cm³/mol. The molecule has 0 radical (unpaired) electrons. The van der Waals surface area contributed by atoms with Crippen molar-refractivity contribution in [2.45, 2.75) is 13.0 Å². The molecule has 0 bridgehead atoms. The molecular weight excluding hydrogens is 264 g/mol. The first-order chi connectivity index (χ1) is 10.2. The molecule has 0 unspecified atom stereocenters. The molecule has 21 heavy (non-hydrogen) atoms. The average molecular weight is 284 g/mol. The van der Waals surface area contributed by atoms with Crippen LogP contribution in [0.2, 0.25) is 0 Å². The van der Waals surface area contributed by atoms with Crippen LogP contribution in [0.25, 0.3) is 0 Å². The molecule has 4 heteroatoms. The molecule has 0 aromatic heterocycles. The number of carbonyl (C=O) groups is 1. The number of methoxy groups -OCH3 is 1. The molecule has 110 valence electrons. The van der Waals surface area contributed by atoms with Gasteiger partial charge in [-0.1, -0.05) is 24.3 Å². The molecular formula is C17H20N2O2. The lowest BCUT2D eigenvalue weighted by Crippen LogP contribution is -2.37. The Hall–Kier alpha value is -2.49. The van der Waals surface area contributed by atoms with Crippen LogP contribution in [-0.2, 0) is 0 Å². The topological polar surface area (TPSA) is 50.4 Å². The fourth-order valence-corrected chi connectivity index (χ4v) is 1.95. The number of anilines is 1. The van der Waals surface area contributed by atoms with E-state index >= 15 is 0 Å². The standard InChI is InChI=1S/C17H20N2O2/c1-13(12-18-15-8-4-3-5-9-15)19-17(20)14-7-6-10-16(11-14)21-2/h3-11,13,18H,12H2,1-2H3,(H,19,20)/t13-/m1/s1. The molecule has 2 rings (SSSR count). The van der Waals surface area contributed by atoms with Gasteiger partial charge in [0.15, 0.2) is 0 Å². The number of hydrogen-bond acceptors (Lipinski definition) is 3. The number of benzene rings is 2. The molecule has 2 aromatic carbocycles. The predicted octanol–water partition coefficient (Wildman–Crippen LogP) is 2.93. The fraction of sp³-hybridized carbons (Fsp3) is 0.235. The van der Waals surface area contributed by atoms with Crippen molar-refractivity contribution < 1.29 is 9.53 Å². The Labute approximate surface area is 125 Å². The molecule has 0 heterocycles. The molecule has 4 nitrogen and oxygen atoms in total. The smallest absolute Gasteiger partial charge is 0.251 e. The van der Waals surface area contributed by atoms with Gasteiger partial charge in [-0.2, -0.15) is 0 Å². The summed E-state index contributed by atoms with van der Waals surface area (Å²) in [7, 11) is 1.59. The van der Waals surface area contributed by atoms with Crippen LogP contribution in [0.3, 0.4) is 0 Å². The van der Waals surface area contributed by atoms with Crippen molar-refractivity contribution in [1.82, 2.24) is 5.32 Å². The van der Waals surface area contributed by atoms with E-state index in [1.54, 1.807) is 25.3 Å². The number of rotatable bonds is 6. The molecule has 0 fully saturated rings. The van der Waals surface area contributed by atoms with E-state index in [4.69, 9.17) is 4.74 Å². The number of amides is 1. The molecule has 0 spiro atoms. The van der Waals surface area contributed by atoms with E-state index < -0.39 is 0 Å². The van der Waals surface area contributed by atoms with Crippen LogP contribution in [0.4, 0.5) is 5.69 Å². The zero-order valence-electron chi connectivity index (χ0n) is 12.3. The Morgan fingerprint density at radius 1 is 1.14 bits per heavy atom. The second-order valence-electron chi connectivity index (χ2n) is 4.85. The van der Waals surface area contributed by atoms with Gasteiger partial charge in [0.2, 0.25) is 0 Å².